The normalized spacial score (nSPS) is 10.9. The van der Waals surface area contributed by atoms with Gasteiger partial charge in [0, 0.05) is 5.56 Å². The van der Waals surface area contributed by atoms with Gasteiger partial charge in [-0.25, -0.2) is 4.79 Å². The van der Waals surface area contributed by atoms with Crippen molar-refractivity contribution in [2.24, 2.45) is 0 Å². The number of nitrogens with zero attached hydrogens (tertiary/aromatic N) is 2. The molecular weight excluding hydrogens is 232 g/mol. The predicted molar refractivity (Wildman–Crippen MR) is 67.0 cm³/mol. The highest BCUT2D eigenvalue weighted by Crippen LogP contribution is 2.22. The summed E-state index contributed by atoms with van der Waals surface area (Å²) in [5, 5.41) is 7.90. The topological polar surface area (TPSA) is 97.8 Å². The number of aryl methyl sites for hydroxylation is 1. The highest BCUT2D eigenvalue weighted by molar-refractivity contribution is 5.79. The van der Waals surface area contributed by atoms with Crippen molar-refractivity contribution in [1.82, 2.24) is 15.2 Å². The van der Waals surface area contributed by atoms with Crippen LogP contribution < -0.4 is 11.5 Å². The second-order valence-corrected chi connectivity index (χ2v) is 4.02. The molecule has 2 aromatic heterocycles. The van der Waals surface area contributed by atoms with Crippen LogP contribution in [0.3, 0.4) is 0 Å². The molecule has 0 spiro atoms. The van der Waals surface area contributed by atoms with E-state index in [1.54, 1.807) is 12.1 Å². The number of nitrogen functional groups attached to an aromatic ring is 1. The van der Waals surface area contributed by atoms with E-state index in [0.717, 1.165) is 11.1 Å². The molecule has 0 aliphatic rings. The van der Waals surface area contributed by atoms with E-state index in [4.69, 9.17) is 10.2 Å². The third-order valence-electron chi connectivity index (χ3n) is 2.74. The Morgan fingerprint density at radius 3 is 2.89 bits per heavy atom. The molecule has 2 heterocycles. The summed E-state index contributed by atoms with van der Waals surface area (Å²) in [6.45, 7) is 1.87. The third-order valence-corrected chi connectivity index (χ3v) is 2.74. The van der Waals surface area contributed by atoms with Gasteiger partial charge in [-0.3, -0.25) is 4.98 Å². The highest BCUT2D eigenvalue weighted by Gasteiger charge is 2.06. The van der Waals surface area contributed by atoms with Crippen molar-refractivity contribution in [3.63, 3.8) is 0 Å². The summed E-state index contributed by atoms with van der Waals surface area (Å²) in [4.78, 5) is 13.7. The summed E-state index contributed by atoms with van der Waals surface area (Å²) in [6.07, 6.45) is 0. The quantitative estimate of drug-likeness (QED) is 0.673. The first-order valence-corrected chi connectivity index (χ1v) is 5.36. The lowest BCUT2D eigenvalue weighted by Crippen LogP contribution is -1.97. The van der Waals surface area contributed by atoms with Gasteiger partial charge in [-0.15, -0.1) is 10.2 Å². The van der Waals surface area contributed by atoms with Gasteiger partial charge in [0.2, 0.25) is 0 Å². The lowest BCUT2D eigenvalue weighted by Gasteiger charge is -2.02. The van der Waals surface area contributed by atoms with E-state index in [-0.39, 0.29) is 0 Å². The van der Waals surface area contributed by atoms with Crippen LogP contribution in [0.4, 0.5) is 5.82 Å². The maximum Gasteiger partial charge on any atom is 0.417 e. The molecule has 0 radical (unpaired) electrons. The summed E-state index contributed by atoms with van der Waals surface area (Å²) in [5.74, 6) is -0.0572. The van der Waals surface area contributed by atoms with E-state index in [1.165, 1.54) is 0 Å². The van der Waals surface area contributed by atoms with Gasteiger partial charge in [-0.1, -0.05) is 0 Å². The number of nitrogens with two attached hydrogens (primary N) is 1. The molecule has 0 aliphatic heterocycles. The monoisotopic (exact) mass is 242 g/mol. The number of hydrogen-bond donors (Lipinski definition) is 2. The van der Waals surface area contributed by atoms with Crippen molar-refractivity contribution < 1.29 is 4.42 Å². The smallest absolute Gasteiger partial charge is 0.408 e. The number of nitrogens with one attached hydrogen (secondary N) is 1. The molecule has 6 nitrogen and oxygen atoms in total. The average Bonchev–Trinajstić information content (AvgIpc) is 2.71. The van der Waals surface area contributed by atoms with Crippen molar-refractivity contribution >= 4 is 16.9 Å². The Bertz CT molecular complexity index is 788. The van der Waals surface area contributed by atoms with Gasteiger partial charge < -0.3 is 10.2 Å². The molecule has 0 atom stereocenters. The largest absolute Gasteiger partial charge is 0.417 e. The maximum atomic E-state index is 11.1. The lowest BCUT2D eigenvalue weighted by atomic mass is 10.1. The molecule has 0 saturated heterocycles. The summed E-state index contributed by atoms with van der Waals surface area (Å²) in [6, 6.07) is 7.18. The number of H-pyrrole nitrogens is 1. The fourth-order valence-corrected chi connectivity index (χ4v) is 1.75. The minimum Gasteiger partial charge on any atom is -0.408 e. The molecule has 0 amide bonds. The molecular formula is C12H10N4O2. The predicted octanol–water partition coefficient (Wildman–Crippen LogP) is 1.47. The fraction of sp³-hybridized carbons (Fsp3) is 0.0833. The fourth-order valence-electron chi connectivity index (χ4n) is 1.75. The average molecular weight is 242 g/mol. The number of aromatic nitrogens is 3. The van der Waals surface area contributed by atoms with Gasteiger partial charge in [-0.05, 0) is 36.8 Å². The Labute approximate surface area is 101 Å². The van der Waals surface area contributed by atoms with E-state index in [0.29, 0.717) is 22.6 Å². The van der Waals surface area contributed by atoms with Crippen LogP contribution in [-0.4, -0.2) is 15.2 Å². The lowest BCUT2D eigenvalue weighted by molar-refractivity contribution is 0.555. The number of fused-ring (bicyclic) bond motifs is 1. The first kappa shape index (κ1) is 10.5. The van der Waals surface area contributed by atoms with Crippen LogP contribution in [0.15, 0.2) is 33.5 Å². The zero-order chi connectivity index (χ0) is 12.7. The van der Waals surface area contributed by atoms with Gasteiger partial charge in [0.25, 0.3) is 0 Å². The number of oxazole rings is 1. The number of anilines is 1. The molecule has 0 unspecified atom stereocenters. The third kappa shape index (κ3) is 1.64. The SMILES string of the molecule is Cc1cc(-c2ccc3oc(=O)[nH]c3c2)nnc1N. The van der Waals surface area contributed by atoms with E-state index in [1.807, 2.05) is 19.1 Å². The molecule has 90 valence electrons. The molecule has 0 bridgehead atoms. The number of rotatable bonds is 1. The van der Waals surface area contributed by atoms with Crippen LogP contribution in [0.2, 0.25) is 0 Å². The minimum atomic E-state index is -0.471. The van der Waals surface area contributed by atoms with Crippen LogP contribution in [0, 0.1) is 6.92 Å². The van der Waals surface area contributed by atoms with E-state index >= 15 is 0 Å². The van der Waals surface area contributed by atoms with E-state index < -0.39 is 5.76 Å². The number of aromatic amines is 1. The summed E-state index contributed by atoms with van der Waals surface area (Å²) >= 11 is 0. The Kier molecular flexibility index (Phi) is 2.16. The Balaban J connectivity index is 2.18. The molecule has 6 heteroatoms. The van der Waals surface area contributed by atoms with Crippen LogP contribution in [-0.2, 0) is 0 Å². The van der Waals surface area contributed by atoms with Crippen molar-refractivity contribution in [2.45, 2.75) is 6.92 Å². The molecule has 3 aromatic rings. The first-order valence-electron chi connectivity index (χ1n) is 5.36. The summed E-state index contributed by atoms with van der Waals surface area (Å²) in [5.41, 5.74) is 9.18. The maximum absolute atomic E-state index is 11.1. The van der Waals surface area contributed by atoms with Crippen molar-refractivity contribution in [2.75, 3.05) is 5.73 Å². The van der Waals surface area contributed by atoms with Crippen molar-refractivity contribution in [3.05, 3.63) is 40.4 Å². The number of hydrogen-bond acceptors (Lipinski definition) is 5. The molecule has 3 N–H and O–H groups in total. The Morgan fingerprint density at radius 2 is 2.11 bits per heavy atom. The van der Waals surface area contributed by atoms with Crippen LogP contribution >= 0.6 is 0 Å². The minimum absolute atomic E-state index is 0.413. The Hall–Kier alpha value is -2.63. The standard InChI is InChI=1S/C12H10N4O2/c1-6-4-8(15-16-11(6)13)7-2-3-10-9(5-7)14-12(17)18-10/h2-5H,1H3,(H2,13,16)(H,14,17). The summed E-state index contributed by atoms with van der Waals surface area (Å²) < 4.78 is 4.93. The Morgan fingerprint density at radius 1 is 1.28 bits per heavy atom. The van der Waals surface area contributed by atoms with Crippen molar-refractivity contribution in [1.29, 1.82) is 0 Å². The van der Waals surface area contributed by atoms with Gasteiger partial charge in [-0.2, -0.15) is 0 Å². The molecule has 0 fully saturated rings. The molecule has 3 rings (SSSR count). The molecule has 1 aromatic carbocycles. The molecule has 0 saturated carbocycles. The van der Waals surface area contributed by atoms with Crippen LogP contribution in [0.1, 0.15) is 5.56 Å². The van der Waals surface area contributed by atoms with Crippen LogP contribution in [0.25, 0.3) is 22.4 Å². The van der Waals surface area contributed by atoms with Gasteiger partial charge >= 0.3 is 5.76 Å². The summed E-state index contributed by atoms with van der Waals surface area (Å²) in [7, 11) is 0. The van der Waals surface area contributed by atoms with Gasteiger partial charge in [0.1, 0.15) is 5.82 Å². The second-order valence-electron chi connectivity index (χ2n) is 4.02. The van der Waals surface area contributed by atoms with E-state index in [2.05, 4.69) is 15.2 Å². The zero-order valence-corrected chi connectivity index (χ0v) is 9.60. The van der Waals surface area contributed by atoms with Gasteiger partial charge in [0.05, 0.1) is 11.2 Å². The van der Waals surface area contributed by atoms with Crippen molar-refractivity contribution in [3.8, 4) is 11.3 Å². The highest BCUT2D eigenvalue weighted by atomic mass is 16.4. The second kappa shape index (κ2) is 3.69. The molecule has 18 heavy (non-hydrogen) atoms. The molecule has 0 aliphatic carbocycles. The number of benzene rings is 1. The van der Waals surface area contributed by atoms with E-state index in [9.17, 15) is 4.79 Å². The zero-order valence-electron chi connectivity index (χ0n) is 9.60. The van der Waals surface area contributed by atoms with Crippen LogP contribution in [0.5, 0.6) is 0 Å². The first-order chi connectivity index (χ1) is 8.63. The van der Waals surface area contributed by atoms with Gasteiger partial charge in [0.15, 0.2) is 5.58 Å².